The lowest BCUT2D eigenvalue weighted by atomic mass is 10.2. The average Bonchev–Trinajstić information content (AvgIpc) is 2.85. The van der Waals surface area contributed by atoms with E-state index in [2.05, 4.69) is 31.4 Å². The summed E-state index contributed by atoms with van der Waals surface area (Å²) in [6, 6.07) is 7.39. The molecule has 6 heteroatoms. The van der Waals surface area contributed by atoms with Crippen molar-refractivity contribution >= 4 is 21.8 Å². The van der Waals surface area contributed by atoms with Gasteiger partial charge in [-0.2, -0.15) is 4.98 Å². The predicted octanol–water partition coefficient (Wildman–Crippen LogP) is 3.09. The zero-order valence-corrected chi connectivity index (χ0v) is 12.3. The summed E-state index contributed by atoms with van der Waals surface area (Å²) < 4.78 is 6.18. The lowest BCUT2D eigenvalue weighted by Crippen LogP contribution is -2.26. The molecule has 2 aromatic rings. The zero-order valence-electron chi connectivity index (χ0n) is 10.7. The van der Waals surface area contributed by atoms with Crippen LogP contribution in [0.5, 0.6) is 0 Å². The highest BCUT2D eigenvalue weighted by Gasteiger charge is 2.18. The van der Waals surface area contributed by atoms with Crippen LogP contribution in [0.4, 0.5) is 0 Å². The van der Waals surface area contributed by atoms with Crippen molar-refractivity contribution in [2.45, 2.75) is 26.3 Å². The SMILES string of the molecule is CC[C@H](NC(C)=O)c1noc(-c2cccc(Br)c2)n1. The molecule has 100 valence electrons. The second-order valence-corrected chi connectivity index (χ2v) is 5.05. The Morgan fingerprint density at radius 1 is 1.53 bits per heavy atom. The van der Waals surface area contributed by atoms with Gasteiger partial charge in [-0.15, -0.1) is 0 Å². The molecule has 0 saturated heterocycles. The highest BCUT2D eigenvalue weighted by molar-refractivity contribution is 9.10. The fraction of sp³-hybridized carbons (Fsp3) is 0.308. The molecule has 19 heavy (non-hydrogen) atoms. The third-order valence-corrected chi connectivity index (χ3v) is 3.10. The van der Waals surface area contributed by atoms with Crippen LogP contribution in [0.25, 0.3) is 11.5 Å². The molecule has 0 aliphatic heterocycles. The lowest BCUT2D eigenvalue weighted by Gasteiger charge is -2.10. The minimum Gasteiger partial charge on any atom is -0.346 e. The first-order chi connectivity index (χ1) is 9.10. The topological polar surface area (TPSA) is 68.0 Å². The van der Waals surface area contributed by atoms with Crippen molar-refractivity contribution in [3.63, 3.8) is 0 Å². The van der Waals surface area contributed by atoms with E-state index in [0.717, 1.165) is 10.0 Å². The summed E-state index contributed by atoms with van der Waals surface area (Å²) in [6.45, 7) is 3.42. The van der Waals surface area contributed by atoms with Gasteiger partial charge >= 0.3 is 0 Å². The maximum atomic E-state index is 11.1. The van der Waals surface area contributed by atoms with Crippen LogP contribution in [0.2, 0.25) is 0 Å². The number of rotatable bonds is 4. The Balaban J connectivity index is 2.25. The highest BCUT2D eigenvalue weighted by atomic mass is 79.9. The smallest absolute Gasteiger partial charge is 0.258 e. The van der Waals surface area contributed by atoms with Crippen LogP contribution in [-0.4, -0.2) is 16.0 Å². The van der Waals surface area contributed by atoms with E-state index < -0.39 is 0 Å². The Kier molecular flexibility index (Phi) is 4.31. The van der Waals surface area contributed by atoms with Crippen LogP contribution >= 0.6 is 15.9 Å². The Hall–Kier alpha value is -1.69. The van der Waals surface area contributed by atoms with E-state index in [9.17, 15) is 4.79 Å². The Labute approximate surface area is 119 Å². The summed E-state index contributed by atoms with van der Waals surface area (Å²) in [5.41, 5.74) is 0.839. The molecule has 1 aromatic heterocycles. The van der Waals surface area contributed by atoms with E-state index >= 15 is 0 Å². The fourth-order valence-corrected chi connectivity index (χ4v) is 2.11. The third kappa shape index (κ3) is 3.41. The molecule has 0 fully saturated rings. The predicted molar refractivity (Wildman–Crippen MR) is 74.3 cm³/mol. The van der Waals surface area contributed by atoms with Crippen LogP contribution in [-0.2, 0) is 4.79 Å². The van der Waals surface area contributed by atoms with Crippen molar-refractivity contribution in [2.75, 3.05) is 0 Å². The molecular weight excluding hydrogens is 310 g/mol. The van der Waals surface area contributed by atoms with Gasteiger partial charge in [0.15, 0.2) is 5.82 Å². The standard InChI is InChI=1S/C13H14BrN3O2/c1-3-11(15-8(2)18)12-16-13(19-17-12)9-5-4-6-10(14)7-9/h4-7,11H,3H2,1-2H3,(H,15,18)/t11-/m0/s1. The van der Waals surface area contributed by atoms with Crippen LogP contribution < -0.4 is 5.32 Å². The molecule has 0 aliphatic carbocycles. The quantitative estimate of drug-likeness (QED) is 0.938. The summed E-state index contributed by atoms with van der Waals surface area (Å²) in [5, 5.41) is 6.72. The maximum Gasteiger partial charge on any atom is 0.258 e. The first-order valence-electron chi connectivity index (χ1n) is 5.96. The van der Waals surface area contributed by atoms with Gasteiger partial charge in [0.25, 0.3) is 5.89 Å². The normalized spacial score (nSPS) is 12.2. The number of halogens is 1. The van der Waals surface area contributed by atoms with Gasteiger partial charge in [0, 0.05) is 17.0 Å². The van der Waals surface area contributed by atoms with Gasteiger partial charge in [-0.05, 0) is 24.6 Å². The summed E-state index contributed by atoms with van der Waals surface area (Å²) in [4.78, 5) is 15.4. The van der Waals surface area contributed by atoms with Crippen molar-refractivity contribution in [3.8, 4) is 11.5 Å². The molecule has 1 amide bonds. The number of carbonyl (C=O) groups excluding carboxylic acids is 1. The second-order valence-electron chi connectivity index (χ2n) is 4.13. The van der Waals surface area contributed by atoms with E-state index in [4.69, 9.17) is 4.52 Å². The molecular formula is C13H14BrN3O2. The van der Waals surface area contributed by atoms with E-state index in [1.54, 1.807) is 0 Å². The minimum atomic E-state index is -0.220. The van der Waals surface area contributed by atoms with Crippen LogP contribution in [0.15, 0.2) is 33.3 Å². The fourth-order valence-electron chi connectivity index (χ4n) is 1.71. The highest BCUT2D eigenvalue weighted by Crippen LogP contribution is 2.23. The van der Waals surface area contributed by atoms with Crippen LogP contribution in [0, 0.1) is 0 Å². The van der Waals surface area contributed by atoms with Gasteiger partial charge in [0.05, 0.1) is 6.04 Å². The Bertz CT molecular complexity index is 583. The monoisotopic (exact) mass is 323 g/mol. The summed E-state index contributed by atoms with van der Waals surface area (Å²) >= 11 is 3.39. The summed E-state index contributed by atoms with van der Waals surface area (Å²) in [7, 11) is 0. The molecule has 5 nitrogen and oxygen atoms in total. The molecule has 0 unspecified atom stereocenters. The number of benzene rings is 1. The molecule has 1 atom stereocenters. The van der Waals surface area contributed by atoms with Crippen molar-refractivity contribution in [3.05, 3.63) is 34.6 Å². The molecule has 0 aliphatic rings. The molecule has 1 aromatic carbocycles. The molecule has 2 rings (SSSR count). The average molecular weight is 324 g/mol. The number of nitrogens with zero attached hydrogens (tertiary/aromatic N) is 2. The number of hydrogen-bond acceptors (Lipinski definition) is 4. The van der Waals surface area contributed by atoms with Gasteiger partial charge in [-0.1, -0.05) is 34.1 Å². The first kappa shape index (κ1) is 13.7. The first-order valence-corrected chi connectivity index (χ1v) is 6.76. The summed E-state index contributed by atoms with van der Waals surface area (Å²) in [6.07, 6.45) is 0.705. The molecule has 0 spiro atoms. The molecule has 1 heterocycles. The Morgan fingerprint density at radius 3 is 2.95 bits per heavy atom. The van der Waals surface area contributed by atoms with Gasteiger partial charge in [0.1, 0.15) is 0 Å². The molecule has 0 radical (unpaired) electrons. The minimum absolute atomic E-state index is 0.111. The van der Waals surface area contributed by atoms with E-state index in [-0.39, 0.29) is 11.9 Å². The third-order valence-electron chi connectivity index (χ3n) is 2.61. The number of carbonyl (C=O) groups is 1. The van der Waals surface area contributed by atoms with E-state index in [1.807, 2.05) is 31.2 Å². The number of amides is 1. The lowest BCUT2D eigenvalue weighted by molar-refractivity contribution is -0.119. The molecule has 0 bridgehead atoms. The van der Waals surface area contributed by atoms with Crippen molar-refractivity contribution in [1.82, 2.24) is 15.5 Å². The van der Waals surface area contributed by atoms with E-state index in [0.29, 0.717) is 18.1 Å². The Morgan fingerprint density at radius 2 is 2.32 bits per heavy atom. The molecule has 1 N–H and O–H groups in total. The van der Waals surface area contributed by atoms with E-state index in [1.165, 1.54) is 6.92 Å². The van der Waals surface area contributed by atoms with Crippen LogP contribution in [0.3, 0.4) is 0 Å². The van der Waals surface area contributed by atoms with Crippen molar-refractivity contribution in [1.29, 1.82) is 0 Å². The van der Waals surface area contributed by atoms with Gasteiger partial charge in [0.2, 0.25) is 5.91 Å². The van der Waals surface area contributed by atoms with Crippen LogP contribution in [0.1, 0.15) is 32.1 Å². The van der Waals surface area contributed by atoms with Gasteiger partial charge < -0.3 is 9.84 Å². The largest absolute Gasteiger partial charge is 0.346 e. The molecule has 0 saturated carbocycles. The van der Waals surface area contributed by atoms with Gasteiger partial charge in [-0.3, -0.25) is 4.79 Å². The second kappa shape index (κ2) is 5.97. The number of nitrogens with one attached hydrogen (secondary N) is 1. The number of hydrogen-bond donors (Lipinski definition) is 1. The number of aromatic nitrogens is 2. The maximum absolute atomic E-state index is 11.1. The van der Waals surface area contributed by atoms with Crippen molar-refractivity contribution < 1.29 is 9.32 Å². The zero-order chi connectivity index (χ0) is 13.8. The van der Waals surface area contributed by atoms with Crippen molar-refractivity contribution in [2.24, 2.45) is 0 Å². The van der Waals surface area contributed by atoms with Gasteiger partial charge in [-0.25, -0.2) is 0 Å². The summed E-state index contributed by atoms with van der Waals surface area (Å²) in [5.74, 6) is 0.827.